The minimum atomic E-state index is -3.48. The van der Waals surface area contributed by atoms with E-state index in [9.17, 15) is 13.2 Å². The first-order valence-electron chi connectivity index (χ1n) is 6.63. The maximum Gasteiger partial charge on any atom is 0.233 e. The lowest BCUT2D eigenvalue weighted by Gasteiger charge is -2.08. The van der Waals surface area contributed by atoms with Gasteiger partial charge in [0.25, 0.3) is 0 Å². The predicted octanol–water partition coefficient (Wildman–Crippen LogP) is 1.16. The Labute approximate surface area is 120 Å². The molecule has 0 saturated heterocycles. The molecule has 20 heavy (non-hydrogen) atoms. The highest BCUT2D eigenvalue weighted by Gasteiger charge is 2.15. The Kier molecular flexibility index (Phi) is 5.33. The van der Waals surface area contributed by atoms with Crippen LogP contribution in [0.4, 0.5) is 0 Å². The molecule has 7 heteroatoms. The summed E-state index contributed by atoms with van der Waals surface area (Å²) in [7, 11) is -3.48. The van der Waals surface area contributed by atoms with Gasteiger partial charge in [-0.2, -0.15) is 5.10 Å². The monoisotopic (exact) mass is 301 g/mol. The topological polar surface area (TPSA) is 81.1 Å². The van der Waals surface area contributed by atoms with Crippen LogP contribution in [-0.4, -0.2) is 30.4 Å². The molecule has 6 nitrogen and oxygen atoms in total. The highest BCUT2D eigenvalue weighted by atomic mass is 32.2. The molecule has 1 amide bonds. The van der Waals surface area contributed by atoms with Gasteiger partial charge in [-0.05, 0) is 31.7 Å². The normalized spacial score (nSPS) is 11.9. The molecule has 1 N–H and O–H groups in total. The molecule has 0 aliphatic rings. The summed E-state index contributed by atoms with van der Waals surface area (Å²) in [6.07, 6.45) is 1.61. The second-order valence-electron chi connectivity index (χ2n) is 5.52. The highest BCUT2D eigenvalue weighted by molar-refractivity contribution is 7.89. The summed E-state index contributed by atoms with van der Waals surface area (Å²) in [6.45, 7) is 8.97. The number of hydrogen-bond acceptors (Lipinski definition) is 4. The smallest absolute Gasteiger partial charge is 0.233 e. The highest BCUT2D eigenvalue weighted by Crippen LogP contribution is 2.16. The summed E-state index contributed by atoms with van der Waals surface area (Å²) in [5.41, 5.74) is 2.97. The SMILES string of the molecule is Cc1nn(CC(C)C)c(C)c1CCC(=O)NS(C)(=O)=O. The van der Waals surface area contributed by atoms with Crippen LogP contribution in [0.3, 0.4) is 0 Å². The number of aryl methyl sites for hydroxylation is 1. The van der Waals surface area contributed by atoms with Gasteiger partial charge in [0.2, 0.25) is 15.9 Å². The Morgan fingerprint density at radius 1 is 1.35 bits per heavy atom. The lowest BCUT2D eigenvalue weighted by atomic mass is 10.1. The number of carbonyl (C=O) groups is 1. The zero-order valence-electron chi connectivity index (χ0n) is 12.7. The van der Waals surface area contributed by atoms with E-state index in [1.807, 2.05) is 23.3 Å². The van der Waals surface area contributed by atoms with Crippen LogP contribution in [0.15, 0.2) is 0 Å². The van der Waals surface area contributed by atoms with E-state index in [-0.39, 0.29) is 6.42 Å². The fraction of sp³-hybridized carbons (Fsp3) is 0.692. The van der Waals surface area contributed by atoms with E-state index in [0.29, 0.717) is 12.3 Å². The predicted molar refractivity (Wildman–Crippen MR) is 77.8 cm³/mol. The lowest BCUT2D eigenvalue weighted by Crippen LogP contribution is -2.29. The Balaban J connectivity index is 2.74. The van der Waals surface area contributed by atoms with Crippen molar-refractivity contribution in [3.05, 3.63) is 17.0 Å². The van der Waals surface area contributed by atoms with Crippen molar-refractivity contribution in [1.82, 2.24) is 14.5 Å². The number of amides is 1. The van der Waals surface area contributed by atoms with Crippen LogP contribution >= 0.6 is 0 Å². The average Bonchev–Trinajstić information content (AvgIpc) is 2.48. The molecule has 1 aromatic heterocycles. The van der Waals surface area contributed by atoms with Gasteiger partial charge < -0.3 is 0 Å². The van der Waals surface area contributed by atoms with E-state index < -0.39 is 15.9 Å². The van der Waals surface area contributed by atoms with Crippen molar-refractivity contribution < 1.29 is 13.2 Å². The second-order valence-corrected chi connectivity index (χ2v) is 7.27. The van der Waals surface area contributed by atoms with E-state index in [1.165, 1.54) is 0 Å². The van der Waals surface area contributed by atoms with Crippen molar-refractivity contribution in [2.75, 3.05) is 6.26 Å². The van der Waals surface area contributed by atoms with Crippen molar-refractivity contribution in [2.45, 2.75) is 47.1 Å². The lowest BCUT2D eigenvalue weighted by molar-refractivity contribution is -0.119. The molecule has 1 rings (SSSR count). The van der Waals surface area contributed by atoms with Crippen molar-refractivity contribution >= 4 is 15.9 Å². The van der Waals surface area contributed by atoms with Gasteiger partial charge in [0.05, 0.1) is 11.9 Å². The Morgan fingerprint density at radius 2 is 1.95 bits per heavy atom. The molecule has 0 radical (unpaired) electrons. The molecule has 0 unspecified atom stereocenters. The molecule has 0 saturated carbocycles. The molecular formula is C13H23N3O3S. The summed E-state index contributed by atoms with van der Waals surface area (Å²) in [4.78, 5) is 11.5. The van der Waals surface area contributed by atoms with E-state index >= 15 is 0 Å². The summed E-state index contributed by atoms with van der Waals surface area (Å²) < 4.78 is 25.8. The van der Waals surface area contributed by atoms with Crippen molar-refractivity contribution in [2.24, 2.45) is 5.92 Å². The number of hydrogen-bond donors (Lipinski definition) is 1. The number of nitrogens with zero attached hydrogens (tertiary/aromatic N) is 2. The van der Waals surface area contributed by atoms with Crippen molar-refractivity contribution in [1.29, 1.82) is 0 Å². The molecule has 0 spiro atoms. The third-order valence-corrected chi connectivity index (χ3v) is 3.57. The number of carbonyl (C=O) groups excluding carboxylic acids is 1. The Morgan fingerprint density at radius 3 is 2.45 bits per heavy atom. The van der Waals surface area contributed by atoms with Crippen LogP contribution in [0.5, 0.6) is 0 Å². The largest absolute Gasteiger partial charge is 0.274 e. The van der Waals surface area contributed by atoms with Crippen LogP contribution in [0.2, 0.25) is 0 Å². The Hall–Kier alpha value is -1.37. The molecule has 1 heterocycles. The van der Waals surface area contributed by atoms with Crippen LogP contribution in [0.1, 0.15) is 37.2 Å². The van der Waals surface area contributed by atoms with Gasteiger partial charge in [-0.25, -0.2) is 8.42 Å². The van der Waals surface area contributed by atoms with Crippen molar-refractivity contribution in [3.8, 4) is 0 Å². The van der Waals surface area contributed by atoms with E-state index in [1.54, 1.807) is 0 Å². The fourth-order valence-electron chi connectivity index (χ4n) is 2.12. The van der Waals surface area contributed by atoms with Gasteiger partial charge in [0.15, 0.2) is 0 Å². The first-order chi connectivity index (χ1) is 9.10. The minimum absolute atomic E-state index is 0.141. The molecular weight excluding hydrogens is 278 g/mol. The molecule has 0 fully saturated rings. The molecule has 0 aliphatic heterocycles. The van der Waals surface area contributed by atoms with Gasteiger partial charge in [0.1, 0.15) is 0 Å². The van der Waals surface area contributed by atoms with Gasteiger partial charge in [-0.1, -0.05) is 13.8 Å². The first kappa shape index (κ1) is 16.7. The molecule has 114 valence electrons. The zero-order valence-corrected chi connectivity index (χ0v) is 13.5. The zero-order chi connectivity index (χ0) is 15.5. The third-order valence-electron chi connectivity index (χ3n) is 2.97. The average molecular weight is 301 g/mol. The van der Waals surface area contributed by atoms with Crippen molar-refractivity contribution in [3.63, 3.8) is 0 Å². The molecule has 0 aromatic carbocycles. The number of rotatable bonds is 6. The van der Waals surface area contributed by atoms with Crippen LogP contribution in [0.25, 0.3) is 0 Å². The Bertz CT molecular complexity index is 588. The maximum atomic E-state index is 11.5. The fourth-order valence-corrected chi connectivity index (χ4v) is 2.63. The van der Waals surface area contributed by atoms with Crippen LogP contribution < -0.4 is 4.72 Å². The second kappa shape index (κ2) is 6.39. The third kappa shape index (κ3) is 4.96. The number of sulfonamides is 1. The van der Waals surface area contributed by atoms with E-state index in [0.717, 1.165) is 29.8 Å². The molecule has 0 bridgehead atoms. The minimum Gasteiger partial charge on any atom is -0.274 e. The summed E-state index contributed by atoms with van der Waals surface area (Å²) >= 11 is 0. The van der Waals surface area contributed by atoms with Crippen LogP contribution in [-0.2, 0) is 27.8 Å². The summed E-state index contributed by atoms with van der Waals surface area (Å²) in [6, 6.07) is 0. The number of nitrogens with one attached hydrogen (secondary N) is 1. The van der Waals surface area contributed by atoms with Gasteiger partial charge >= 0.3 is 0 Å². The van der Waals surface area contributed by atoms with Gasteiger partial charge in [-0.3, -0.25) is 14.2 Å². The summed E-state index contributed by atoms with van der Waals surface area (Å²) in [5, 5.41) is 4.47. The molecule has 1 aromatic rings. The standard InChI is InChI=1S/C13H23N3O3S/c1-9(2)8-16-11(4)12(10(3)14-16)6-7-13(17)15-20(5,18)19/h9H,6-8H2,1-5H3,(H,15,17). The molecule has 0 aliphatic carbocycles. The quantitative estimate of drug-likeness (QED) is 0.855. The summed E-state index contributed by atoms with van der Waals surface area (Å²) in [5.74, 6) is 0.0114. The van der Waals surface area contributed by atoms with E-state index in [4.69, 9.17) is 0 Å². The van der Waals surface area contributed by atoms with E-state index in [2.05, 4.69) is 18.9 Å². The van der Waals surface area contributed by atoms with Gasteiger partial charge in [-0.15, -0.1) is 0 Å². The van der Waals surface area contributed by atoms with Gasteiger partial charge in [0, 0.05) is 18.7 Å². The number of aromatic nitrogens is 2. The maximum absolute atomic E-state index is 11.5. The van der Waals surface area contributed by atoms with Crippen LogP contribution in [0, 0.1) is 19.8 Å². The first-order valence-corrected chi connectivity index (χ1v) is 8.52. The molecule has 0 atom stereocenters.